The number of ether oxygens (including phenoxy) is 4. The Morgan fingerprint density at radius 1 is 0.974 bits per heavy atom. The van der Waals surface area contributed by atoms with Gasteiger partial charge in [0.1, 0.15) is 11.3 Å². The Bertz CT molecular complexity index is 1380. The molecule has 0 fully saturated rings. The van der Waals surface area contributed by atoms with E-state index in [1.165, 1.54) is 26.4 Å². The summed E-state index contributed by atoms with van der Waals surface area (Å²) in [7, 11) is 2.92. The molecule has 0 unspecified atom stereocenters. The second-order valence-corrected chi connectivity index (χ2v) is 8.40. The van der Waals surface area contributed by atoms with Gasteiger partial charge in [0.05, 0.1) is 33.0 Å². The van der Waals surface area contributed by atoms with Gasteiger partial charge in [0.15, 0.2) is 23.0 Å². The molecule has 1 heterocycles. The maximum atomic E-state index is 13.1. The average molecular weight is 541 g/mol. The highest BCUT2D eigenvalue weighted by atomic mass is 16.5. The molecule has 3 rings (SSSR count). The van der Waals surface area contributed by atoms with Gasteiger partial charge in [-0.2, -0.15) is 0 Å². The van der Waals surface area contributed by atoms with Gasteiger partial charge >= 0.3 is 5.97 Å². The zero-order chi connectivity index (χ0) is 28.5. The van der Waals surface area contributed by atoms with E-state index in [4.69, 9.17) is 18.9 Å². The molecular formula is C28H32N2O9. The summed E-state index contributed by atoms with van der Waals surface area (Å²) in [4.78, 5) is 40.8. The lowest BCUT2D eigenvalue weighted by Crippen LogP contribution is -2.27. The number of amides is 1. The first-order chi connectivity index (χ1) is 18.7. The van der Waals surface area contributed by atoms with Crippen molar-refractivity contribution in [3.8, 4) is 28.7 Å². The van der Waals surface area contributed by atoms with Gasteiger partial charge in [-0.25, -0.2) is 4.79 Å². The van der Waals surface area contributed by atoms with E-state index >= 15 is 0 Å². The van der Waals surface area contributed by atoms with Gasteiger partial charge in [-0.3, -0.25) is 9.59 Å². The minimum atomic E-state index is -1.03. The first kappa shape index (κ1) is 28.9. The number of pyridine rings is 1. The van der Waals surface area contributed by atoms with E-state index in [0.29, 0.717) is 23.7 Å². The third-order valence-corrected chi connectivity index (χ3v) is 5.96. The molecule has 0 spiro atoms. The monoisotopic (exact) mass is 540 g/mol. The van der Waals surface area contributed by atoms with Crippen molar-refractivity contribution >= 4 is 11.9 Å². The van der Waals surface area contributed by atoms with Crippen molar-refractivity contribution in [1.82, 2.24) is 10.3 Å². The normalized spacial score (nSPS) is 11.4. The third kappa shape index (κ3) is 6.81. The molecule has 4 N–H and O–H groups in total. The van der Waals surface area contributed by atoms with Crippen LogP contribution in [0.5, 0.6) is 28.7 Å². The number of methoxy groups -OCH3 is 2. The number of phenols is 1. The molecule has 0 radical (unpaired) electrons. The Morgan fingerprint density at radius 2 is 1.69 bits per heavy atom. The number of carbonyl (C=O) groups excluding carboxylic acids is 2. The van der Waals surface area contributed by atoms with Crippen molar-refractivity contribution in [2.24, 2.45) is 0 Å². The first-order valence-corrected chi connectivity index (χ1v) is 12.3. The summed E-state index contributed by atoms with van der Waals surface area (Å²) in [5, 5.41) is 24.1. The number of esters is 1. The summed E-state index contributed by atoms with van der Waals surface area (Å²) in [6, 6.07) is 9.63. The molecule has 1 amide bonds. The van der Waals surface area contributed by atoms with Crippen LogP contribution >= 0.6 is 0 Å². The Kier molecular flexibility index (Phi) is 9.80. The smallest absolute Gasteiger partial charge is 0.343 e. The number of H-pyrrole nitrogens is 1. The van der Waals surface area contributed by atoms with Gasteiger partial charge in [0.2, 0.25) is 5.91 Å². The number of hydrogen-bond donors (Lipinski definition) is 4. The molecule has 0 saturated heterocycles. The maximum Gasteiger partial charge on any atom is 0.343 e. The summed E-state index contributed by atoms with van der Waals surface area (Å²) >= 11 is 0. The zero-order valence-electron chi connectivity index (χ0n) is 22.2. The van der Waals surface area contributed by atoms with Gasteiger partial charge in [-0.1, -0.05) is 12.1 Å². The van der Waals surface area contributed by atoms with Crippen molar-refractivity contribution in [3.63, 3.8) is 0 Å². The van der Waals surface area contributed by atoms with Crippen molar-refractivity contribution < 1.29 is 38.7 Å². The lowest BCUT2D eigenvalue weighted by molar-refractivity contribution is -0.121. The Morgan fingerprint density at radius 3 is 2.33 bits per heavy atom. The topological polar surface area (TPSA) is 156 Å². The molecule has 208 valence electrons. The number of hydrogen-bond acceptors (Lipinski definition) is 9. The molecular weight excluding hydrogens is 508 g/mol. The van der Waals surface area contributed by atoms with Crippen LogP contribution in [0.1, 0.15) is 53.2 Å². The minimum Gasteiger partial charge on any atom is -0.506 e. The molecule has 0 bridgehead atoms. The second-order valence-electron chi connectivity index (χ2n) is 8.40. The van der Waals surface area contributed by atoms with Gasteiger partial charge < -0.3 is 39.5 Å². The van der Waals surface area contributed by atoms with E-state index in [9.17, 15) is 24.6 Å². The summed E-state index contributed by atoms with van der Waals surface area (Å²) in [5.41, 5.74) is -0.0885. The molecule has 0 aliphatic rings. The molecule has 11 nitrogen and oxygen atoms in total. The Hall–Kier alpha value is -4.67. The Labute approximate surface area is 225 Å². The van der Waals surface area contributed by atoms with Gasteiger partial charge in [-0.05, 0) is 49.2 Å². The molecule has 2 aromatic carbocycles. The van der Waals surface area contributed by atoms with Crippen LogP contribution in [0.2, 0.25) is 0 Å². The molecule has 0 saturated carbocycles. The predicted molar refractivity (Wildman–Crippen MR) is 142 cm³/mol. The van der Waals surface area contributed by atoms with Gasteiger partial charge in [-0.15, -0.1) is 0 Å². The SMILES string of the molecule is CCOC(=O)c1c[nH]c(=O)c([C@@H](CC(=O)NCc2ccc(OC)c(OCC)c2)c2ccc(OC)c(O)c2)c1O. The number of aromatic hydroxyl groups is 2. The fraction of sp³-hybridized carbons (Fsp3) is 0.321. The van der Waals surface area contributed by atoms with E-state index in [2.05, 4.69) is 10.3 Å². The van der Waals surface area contributed by atoms with E-state index in [0.717, 1.165) is 11.8 Å². The molecule has 11 heteroatoms. The number of aromatic amines is 1. The van der Waals surface area contributed by atoms with Crippen molar-refractivity contribution in [1.29, 1.82) is 0 Å². The van der Waals surface area contributed by atoms with Gasteiger partial charge in [0.25, 0.3) is 5.56 Å². The van der Waals surface area contributed by atoms with Gasteiger partial charge in [0, 0.05) is 25.1 Å². The number of benzene rings is 2. The highest BCUT2D eigenvalue weighted by Gasteiger charge is 2.28. The molecule has 0 aliphatic heterocycles. The van der Waals surface area contributed by atoms with E-state index in [1.54, 1.807) is 31.2 Å². The first-order valence-electron chi connectivity index (χ1n) is 12.3. The van der Waals surface area contributed by atoms with Crippen molar-refractivity contribution in [2.75, 3.05) is 27.4 Å². The second kappa shape index (κ2) is 13.2. The summed E-state index contributed by atoms with van der Waals surface area (Å²) in [6.45, 7) is 4.09. The highest BCUT2D eigenvalue weighted by Crippen LogP contribution is 2.37. The fourth-order valence-electron chi connectivity index (χ4n) is 4.09. The lowest BCUT2D eigenvalue weighted by Gasteiger charge is -2.20. The Balaban J connectivity index is 1.95. The standard InChI is InChI=1S/C28H32N2O9/c1-5-38-23-11-16(7-9-22(23)37-4)14-29-24(32)13-18(17-8-10-21(36-3)20(31)12-17)25-26(33)19(15-30-27(25)34)28(35)39-6-2/h7-12,15,18,31H,5-6,13-14H2,1-4H3,(H,29,32)(H2,30,33,34)/t18-/m0/s1. The number of nitrogens with one attached hydrogen (secondary N) is 2. The zero-order valence-corrected chi connectivity index (χ0v) is 22.2. The number of rotatable bonds is 12. The number of phenolic OH excluding ortho intramolecular Hbond substituents is 1. The summed E-state index contributed by atoms with van der Waals surface area (Å²) in [6.07, 6.45) is 0.768. The van der Waals surface area contributed by atoms with Crippen molar-refractivity contribution in [2.45, 2.75) is 32.7 Å². The van der Waals surface area contributed by atoms with Crippen LogP contribution in [0, 0.1) is 0 Å². The number of carbonyl (C=O) groups is 2. The van der Waals surface area contributed by atoms with E-state index in [-0.39, 0.29) is 42.2 Å². The lowest BCUT2D eigenvalue weighted by atomic mass is 9.87. The fourth-order valence-corrected chi connectivity index (χ4v) is 4.09. The average Bonchev–Trinajstić information content (AvgIpc) is 2.91. The summed E-state index contributed by atoms with van der Waals surface area (Å²) < 4.78 is 20.9. The quantitative estimate of drug-likeness (QED) is 0.253. The molecule has 1 atom stereocenters. The molecule has 39 heavy (non-hydrogen) atoms. The maximum absolute atomic E-state index is 13.1. The molecule has 0 aliphatic carbocycles. The van der Waals surface area contributed by atoms with Crippen LogP contribution < -0.4 is 25.1 Å². The molecule has 1 aromatic heterocycles. The van der Waals surface area contributed by atoms with Crippen LogP contribution in [0.15, 0.2) is 47.4 Å². The summed E-state index contributed by atoms with van der Waals surface area (Å²) in [5.74, 6) is -1.88. The van der Waals surface area contributed by atoms with Crippen LogP contribution in [0.25, 0.3) is 0 Å². The molecule has 3 aromatic rings. The minimum absolute atomic E-state index is 0.0568. The van der Waals surface area contributed by atoms with Crippen LogP contribution in [0.3, 0.4) is 0 Å². The third-order valence-electron chi connectivity index (χ3n) is 5.96. The van der Waals surface area contributed by atoms with E-state index < -0.39 is 29.1 Å². The number of aromatic nitrogens is 1. The largest absolute Gasteiger partial charge is 0.506 e. The van der Waals surface area contributed by atoms with Crippen LogP contribution in [-0.2, 0) is 16.1 Å². The van der Waals surface area contributed by atoms with Crippen molar-refractivity contribution in [3.05, 3.63) is 75.2 Å². The van der Waals surface area contributed by atoms with Crippen LogP contribution in [-0.4, -0.2) is 54.5 Å². The predicted octanol–water partition coefficient (Wildman–Crippen LogP) is 3.22. The van der Waals surface area contributed by atoms with E-state index in [1.807, 2.05) is 6.92 Å². The highest BCUT2D eigenvalue weighted by molar-refractivity contribution is 5.92. The van der Waals surface area contributed by atoms with Crippen LogP contribution in [0.4, 0.5) is 0 Å².